The number of hydrogen-bond donors (Lipinski definition) is 2. The molecule has 0 bridgehead atoms. The van der Waals surface area contributed by atoms with Gasteiger partial charge in [-0.25, -0.2) is 0 Å². The Bertz CT molecular complexity index is 141. The van der Waals surface area contributed by atoms with Gasteiger partial charge in [-0.1, -0.05) is 0 Å². The first-order chi connectivity index (χ1) is 6.75. The summed E-state index contributed by atoms with van der Waals surface area (Å²) in [6.45, 7) is 9.05. The zero-order valence-electron chi connectivity index (χ0n) is 9.84. The van der Waals surface area contributed by atoms with Crippen LogP contribution in [-0.2, 0) is 0 Å². The van der Waals surface area contributed by atoms with E-state index in [-0.39, 0.29) is 0 Å². The van der Waals surface area contributed by atoms with Crippen LogP contribution < -0.4 is 10.6 Å². The van der Waals surface area contributed by atoms with Gasteiger partial charge >= 0.3 is 0 Å². The van der Waals surface area contributed by atoms with Crippen molar-refractivity contribution < 1.29 is 0 Å². The van der Waals surface area contributed by atoms with E-state index in [4.69, 9.17) is 0 Å². The molecule has 0 amide bonds. The van der Waals surface area contributed by atoms with Gasteiger partial charge in [0.2, 0.25) is 0 Å². The first-order valence-electron chi connectivity index (χ1n) is 5.86. The molecule has 0 saturated heterocycles. The molecule has 2 N–H and O–H groups in total. The van der Waals surface area contributed by atoms with E-state index in [1.54, 1.807) is 0 Å². The summed E-state index contributed by atoms with van der Waals surface area (Å²) in [4.78, 5) is 2.62. The number of rotatable bonds is 8. The van der Waals surface area contributed by atoms with Crippen molar-refractivity contribution in [3.63, 3.8) is 0 Å². The fourth-order valence-corrected chi connectivity index (χ4v) is 1.82. The van der Waals surface area contributed by atoms with Crippen molar-refractivity contribution in [1.82, 2.24) is 15.5 Å². The zero-order chi connectivity index (χ0) is 10.4. The van der Waals surface area contributed by atoms with Gasteiger partial charge in [-0.2, -0.15) is 0 Å². The van der Waals surface area contributed by atoms with Crippen LogP contribution in [0.25, 0.3) is 0 Å². The average molecular weight is 199 g/mol. The lowest BCUT2D eigenvalue weighted by Crippen LogP contribution is -2.39. The third kappa shape index (κ3) is 4.40. The number of nitrogens with one attached hydrogen (secondary N) is 2. The third-order valence-corrected chi connectivity index (χ3v) is 2.78. The molecule has 0 unspecified atom stereocenters. The van der Waals surface area contributed by atoms with E-state index in [1.807, 2.05) is 7.05 Å². The SMILES string of the molecule is CNCCNCCN(C(C)C)C1CC1. The number of hydrogen-bond acceptors (Lipinski definition) is 3. The molecule has 84 valence electrons. The van der Waals surface area contributed by atoms with Crippen molar-refractivity contribution in [2.75, 3.05) is 33.2 Å². The van der Waals surface area contributed by atoms with Crippen molar-refractivity contribution >= 4 is 0 Å². The minimum absolute atomic E-state index is 0.702. The van der Waals surface area contributed by atoms with Crippen LogP contribution in [0.2, 0.25) is 0 Å². The van der Waals surface area contributed by atoms with Gasteiger partial charge in [0.05, 0.1) is 0 Å². The highest BCUT2D eigenvalue weighted by Crippen LogP contribution is 2.27. The predicted octanol–water partition coefficient (Wildman–Crippen LogP) is 0.668. The summed E-state index contributed by atoms with van der Waals surface area (Å²) < 4.78 is 0. The van der Waals surface area contributed by atoms with E-state index in [0.29, 0.717) is 6.04 Å². The Kier molecular flexibility index (Phi) is 5.45. The van der Waals surface area contributed by atoms with Gasteiger partial charge in [0.1, 0.15) is 0 Å². The standard InChI is InChI=1S/C11H25N3/c1-10(2)14(11-4-5-11)9-8-13-7-6-12-3/h10-13H,4-9H2,1-3H3. The van der Waals surface area contributed by atoms with Crippen LogP contribution >= 0.6 is 0 Å². The summed E-state index contributed by atoms with van der Waals surface area (Å²) >= 11 is 0. The maximum absolute atomic E-state index is 3.45. The molecule has 1 fully saturated rings. The molecule has 0 aliphatic heterocycles. The molecule has 1 rings (SSSR count). The van der Waals surface area contributed by atoms with Gasteiger partial charge in [-0.15, -0.1) is 0 Å². The maximum Gasteiger partial charge on any atom is 0.0112 e. The van der Waals surface area contributed by atoms with Crippen molar-refractivity contribution in [2.45, 2.75) is 38.8 Å². The highest BCUT2D eigenvalue weighted by molar-refractivity contribution is 4.86. The van der Waals surface area contributed by atoms with Crippen LogP contribution in [-0.4, -0.2) is 50.2 Å². The quantitative estimate of drug-likeness (QED) is 0.563. The van der Waals surface area contributed by atoms with E-state index in [2.05, 4.69) is 29.4 Å². The molecule has 3 nitrogen and oxygen atoms in total. The molecule has 1 aliphatic carbocycles. The maximum atomic E-state index is 3.45. The molecular formula is C11H25N3. The summed E-state index contributed by atoms with van der Waals surface area (Å²) in [5.74, 6) is 0. The smallest absolute Gasteiger partial charge is 0.0112 e. The van der Waals surface area contributed by atoms with Gasteiger partial charge < -0.3 is 10.6 Å². The van der Waals surface area contributed by atoms with Crippen LogP contribution in [0.15, 0.2) is 0 Å². The van der Waals surface area contributed by atoms with E-state index in [0.717, 1.165) is 25.7 Å². The van der Waals surface area contributed by atoms with Gasteiger partial charge in [-0.05, 0) is 33.7 Å². The minimum Gasteiger partial charge on any atom is -0.318 e. The highest BCUT2D eigenvalue weighted by atomic mass is 15.2. The Hall–Kier alpha value is -0.120. The number of likely N-dealkylation sites (N-methyl/N-ethyl adjacent to an activating group) is 1. The lowest BCUT2D eigenvalue weighted by molar-refractivity contribution is 0.212. The van der Waals surface area contributed by atoms with Crippen LogP contribution in [0, 0.1) is 0 Å². The summed E-state index contributed by atoms with van der Waals surface area (Å²) in [6.07, 6.45) is 2.82. The highest BCUT2D eigenvalue weighted by Gasteiger charge is 2.29. The Morgan fingerprint density at radius 1 is 1.21 bits per heavy atom. The summed E-state index contributed by atoms with van der Waals surface area (Å²) in [5.41, 5.74) is 0. The summed E-state index contributed by atoms with van der Waals surface area (Å²) in [5, 5.41) is 6.59. The third-order valence-electron chi connectivity index (χ3n) is 2.78. The van der Waals surface area contributed by atoms with Crippen molar-refractivity contribution in [2.24, 2.45) is 0 Å². The van der Waals surface area contributed by atoms with E-state index >= 15 is 0 Å². The Morgan fingerprint density at radius 2 is 1.93 bits per heavy atom. The predicted molar refractivity (Wildman–Crippen MR) is 61.7 cm³/mol. The first kappa shape index (κ1) is 12.0. The van der Waals surface area contributed by atoms with Gasteiger partial charge in [0.25, 0.3) is 0 Å². The number of nitrogens with zero attached hydrogens (tertiary/aromatic N) is 1. The molecule has 14 heavy (non-hydrogen) atoms. The second kappa shape index (κ2) is 6.38. The van der Waals surface area contributed by atoms with Crippen molar-refractivity contribution in [3.05, 3.63) is 0 Å². The van der Waals surface area contributed by atoms with Crippen LogP contribution in [0.4, 0.5) is 0 Å². The van der Waals surface area contributed by atoms with Gasteiger partial charge in [0, 0.05) is 38.3 Å². The Balaban J connectivity index is 2.02. The van der Waals surface area contributed by atoms with Gasteiger partial charge in [0.15, 0.2) is 0 Å². The monoisotopic (exact) mass is 199 g/mol. The van der Waals surface area contributed by atoms with Crippen molar-refractivity contribution in [1.29, 1.82) is 0 Å². The van der Waals surface area contributed by atoms with Crippen LogP contribution in [0.1, 0.15) is 26.7 Å². The van der Waals surface area contributed by atoms with Crippen molar-refractivity contribution in [3.8, 4) is 0 Å². The second-order valence-electron chi connectivity index (χ2n) is 4.42. The largest absolute Gasteiger partial charge is 0.318 e. The summed E-state index contributed by atoms with van der Waals surface area (Å²) in [6, 6.07) is 1.59. The van der Waals surface area contributed by atoms with Gasteiger partial charge in [-0.3, -0.25) is 4.90 Å². The van der Waals surface area contributed by atoms with E-state index < -0.39 is 0 Å². The molecule has 0 atom stereocenters. The van der Waals surface area contributed by atoms with E-state index in [1.165, 1.54) is 19.4 Å². The molecule has 0 heterocycles. The molecule has 0 aromatic heterocycles. The fourth-order valence-electron chi connectivity index (χ4n) is 1.82. The molecule has 0 aromatic rings. The van der Waals surface area contributed by atoms with Crippen LogP contribution in [0.5, 0.6) is 0 Å². The first-order valence-corrected chi connectivity index (χ1v) is 5.86. The molecule has 1 saturated carbocycles. The lowest BCUT2D eigenvalue weighted by Gasteiger charge is -2.26. The molecule has 1 aliphatic rings. The topological polar surface area (TPSA) is 27.3 Å². The molecular weight excluding hydrogens is 174 g/mol. The average Bonchev–Trinajstić information content (AvgIpc) is 2.94. The zero-order valence-corrected chi connectivity index (χ0v) is 9.84. The Morgan fingerprint density at radius 3 is 2.43 bits per heavy atom. The molecule has 0 radical (unpaired) electrons. The fraction of sp³-hybridized carbons (Fsp3) is 1.00. The molecule has 3 heteroatoms. The minimum atomic E-state index is 0.702. The lowest BCUT2D eigenvalue weighted by atomic mass is 10.3. The molecule has 0 spiro atoms. The van der Waals surface area contributed by atoms with E-state index in [9.17, 15) is 0 Å². The second-order valence-corrected chi connectivity index (χ2v) is 4.42. The van der Waals surface area contributed by atoms with Crippen LogP contribution in [0.3, 0.4) is 0 Å². The Labute approximate surface area is 88.2 Å². The normalized spacial score (nSPS) is 16.9. The molecule has 0 aromatic carbocycles. The summed E-state index contributed by atoms with van der Waals surface area (Å²) in [7, 11) is 1.99.